The van der Waals surface area contributed by atoms with Crippen LogP contribution in [0.3, 0.4) is 0 Å². The molecule has 0 radical (unpaired) electrons. The van der Waals surface area contributed by atoms with Crippen LogP contribution in [0.2, 0.25) is 0 Å². The van der Waals surface area contributed by atoms with Gasteiger partial charge in [-0.15, -0.1) is 0 Å². The van der Waals surface area contributed by atoms with Crippen LogP contribution in [0, 0.1) is 13.8 Å². The summed E-state index contributed by atoms with van der Waals surface area (Å²) in [6, 6.07) is 18.3. The number of rotatable bonds is 5. The fourth-order valence-corrected chi connectivity index (χ4v) is 6.45. The number of ether oxygens (including phenoxy) is 1. The number of fused-ring (bicyclic) bond motifs is 2. The first-order valence-corrected chi connectivity index (χ1v) is 14.0. The molecule has 1 aliphatic carbocycles. The first-order valence-electron chi connectivity index (χ1n) is 12.5. The van der Waals surface area contributed by atoms with Crippen LogP contribution in [0.4, 0.5) is 5.69 Å². The zero-order valence-electron chi connectivity index (χ0n) is 21.0. The predicted octanol–water partition coefficient (Wildman–Crippen LogP) is 5.02. The zero-order chi connectivity index (χ0) is 25.4. The molecule has 1 aliphatic heterocycles. The van der Waals surface area contributed by atoms with E-state index in [0.29, 0.717) is 11.4 Å². The molecule has 0 unspecified atom stereocenters. The summed E-state index contributed by atoms with van der Waals surface area (Å²) in [5.41, 5.74) is 6.12. The van der Waals surface area contributed by atoms with Crippen molar-refractivity contribution in [1.29, 1.82) is 0 Å². The number of anilines is 1. The van der Waals surface area contributed by atoms with Gasteiger partial charge in [-0.25, -0.2) is 8.42 Å². The molecule has 2 aliphatic rings. The van der Waals surface area contributed by atoms with E-state index in [-0.39, 0.29) is 23.4 Å². The van der Waals surface area contributed by atoms with Gasteiger partial charge in [-0.2, -0.15) is 0 Å². The van der Waals surface area contributed by atoms with Crippen molar-refractivity contribution in [2.75, 3.05) is 10.8 Å². The van der Waals surface area contributed by atoms with Gasteiger partial charge in [-0.1, -0.05) is 42.0 Å². The van der Waals surface area contributed by atoms with Crippen molar-refractivity contribution in [3.05, 3.63) is 88.5 Å². The van der Waals surface area contributed by atoms with Gasteiger partial charge in [0.05, 0.1) is 23.2 Å². The van der Waals surface area contributed by atoms with Gasteiger partial charge in [0.1, 0.15) is 5.75 Å². The third-order valence-corrected chi connectivity index (χ3v) is 8.91. The minimum absolute atomic E-state index is 0.102. The second-order valence-electron chi connectivity index (χ2n) is 9.89. The average Bonchev–Trinajstić information content (AvgIpc) is 2.87. The molecule has 1 amide bonds. The minimum Gasteiger partial charge on any atom is -0.476 e. The van der Waals surface area contributed by atoms with E-state index in [1.165, 1.54) is 28.3 Å². The Morgan fingerprint density at radius 2 is 1.64 bits per heavy atom. The number of carbonyl (C=O) groups is 1. The van der Waals surface area contributed by atoms with Crippen LogP contribution in [-0.2, 0) is 27.7 Å². The predicted molar refractivity (Wildman–Crippen MR) is 141 cm³/mol. The van der Waals surface area contributed by atoms with Gasteiger partial charge >= 0.3 is 0 Å². The fraction of sp³-hybridized carbons (Fsp3) is 0.345. The highest BCUT2D eigenvalue weighted by atomic mass is 32.2. The van der Waals surface area contributed by atoms with Gasteiger partial charge in [0, 0.05) is 0 Å². The van der Waals surface area contributed by atoms with E-state index in [2.05, 4.69) is 23.5 Å². The quantitative estimate of drug-likeness (QED) is 0.530. The Kier molecular flexibility index (Phi) is 6.51. The lowest BCUT2D eigenvalue weighted by Crippen LogP contribution is -2.51. The maximum absolute atomic E-state index is 13.6. The highest BCUT2D eigenvalue weighted by molar-refractivity contribution is 7.92. The lowest BCUT2D eigenvalue weighted by atomic mass is 9.89. The summed E-state index contributed by atoms with van der Waals surface area (Å²) >= 11 is 0. The molecule has 0 saturated heterocycles. The molecule has 7 heteroatoms. The highest BCUT2D eigenvalue weighted by Crippen LogP contribution is 2.38. The monoisotopic (exact) mass is 504 g/mol. The number of sulfonamides is 1. The first kappa shape index (κ1) is 24.4. The molecular formula is C29H32N2O4S. The molecule has 3 aromatic rings. The molecule has 3 aromatic carbocycles. The Morgan fingerprint density at radius 3 is 2.39 bits per heavy atom. The number of amides is 1. The summed E-state index contributed by atoms with van der Waals surface area (Å²) in [6.45, 7) is 5.66. The Balaban J connectivity index is 1.41. The molecule has 0 bridgehead atoms. The van der Waals surface area contributed by atoms with Crippen LogP contribution in [-0.4, -0.2) is 27.0 Å². The fourth-order valence-electron chi connectivity index (χ4n) is 4.98. The number of benzene rings is 3. The van der Waals surface area contributed by atoms with E-state index < -0.39 is 16.1 Å². The van der Waals surface area contributed by atoms with Gasteiger partial charge in [-0.05, 0) is 93.0 Å². The van der Waals surface area contributed by atoms with Crippen molar-refractivity contribution in [1.82, 2.24) is 5.32 Å². The van der Waals surface area contributed by atoms with Gasteiger partial charge in [0.2, 0.25) is 0 Å². The van der Waals surface area contributed by atoms with E-state index in [4.69, 9.17) is 4.74 Å². The minimum atomic E-state index is -3.89. The SMILES string of the molecule is Cc1ccc(S(=O)(=O)N2C[C@@H](C(=O)N[C@@H](C)c3ccc4c(c3)CCCC4)Oc3cc(C)ccc32)cc1. The normalized spacial score (nSPS) is 18.0. The van der Waals surface area contributed by atoms with Crippen molar-refractivity contribution in [3.63, 3.8) is 0 Å². The van der Waals surface area contributed by atoms with E-state index in [1.807, 2.05) is 26.8 Å². The van der Waals surface area contributed by atoms with Crippen molar-refractivity contribution in [2.24, 2.45) is 0 Å². The smallest absolute Gasteiger partial charge is 0.264 e. The van der Waals surface area contributed by atoms with Crippen molar-refractivity contribution in [3.8, 4) is 5.75 Å². The van der Waals surface area contributed by atoms with Crippen LogP contribution in [0.1, 0.15) is 53.6 Å². The number of nitrogens with one attached hydrogen (secondary N) is 1. The van der Waals surface area contributed by atoms with E-state index in [0.717, 1.165) is 29.5 Å². The van der Waals surface area contributed by atoms with Gasteiger partial charge in [0.15, 0.2) is 6.10 Å². The molecular weight excluding hydrogens is 472 g/mol. The number of hydrogen-bond donors (Lipinski definition) is 1. The van der Waals surface area contributed by atoms with Crippen molar-refractivity contribution in [2.45, 2.75) is 63.5 Å². The Bertz CT molecular complexity index is 1400. The average molecular weight is 505 g/mol. The number of carbonyl (C=O) groups excluding carboxylic acids is 1. The Labute approximate surface area is 213 Å². The van der Waals surface area contributed by atoms with Crippen molar-refractivity contribution < 1.29 is 17.9 Å². The van der Waals surface area contributed by atoms with Crippen LogP contribution < -0.4 is 14.4 Å². The summed E-state index contributed by atoms with van der Waals surface area (Å²) in [7, 11) is -3.89. The summed E-state index contributed by atoms with van der Waals surface area (Å²) in [6.07, 6.45) is 3.62. The first-order chi connectivity index (χ1) is 17.2. The van der Waals surface area contributed by atoms with Crippen LogP contribution in [0.5, 0.6) is 5.75 Å². The van der Waals surface area contributed by atoms with Crippen LogP contribution in [0.25, 0.3) is 0 Å². The van der Waals surface area contributed by atoms with E-state index in [9.17, 15) is 13.2 Å². The molecule has 2 atom stereocenters. The second kappa shape index (κ2) is 9.62. The third-order valence-electron chi connectivity index (χ3n) is 7.12. The molecule has 36 heavy (non-hydrogen) atoms. The molecule has 0 saturated carbocycles. The maximum Gasteiger partial charge on any atom is 0.264 e. The number of hydrogen-bond acceptors (Lipinski definition) is 4. The molecule has 0 aromatic heterocycles. The van der Waals surface area contributed by atoms with Gasteiger partial charge in [-0.3, -0.25) is 9.10 Å². The topological polar surface area (TPSA) is 75.7 Å². The van der Waals surface area contributed by atoms with Gasteiger partial charge < -0.3 is 10.1 Å². The van der Waals surface area contributed by atoms with Crippen LogP contribution >= 0.6 is 0 Å². The van der Waals surface area contributed by atoms with Crippen LogP contribution in [0.15, 0.2) is 65.6 Å². The highest BCUT2D eigenvalue weighted by Gasteiger charge is 2.38. The van der Waals surface area contributed by atoms with Crippen molar-refractivity contribution >= 4 is 21.6 Å². The molecule has 1 heterocycles. The number of aryl methyl sites for hydroxylation is 4. The largest absolute Gasteiger partial charge is 0.476 e. The molecule has 6 nitrogen and oxygen atoms in total. The standard InChI is InChI=1S/C29H32N2O4S/c1-19-8-13-25(14-9-19)36(33,34)31-18-28(35-27-16-20(2)10-15-26(27)31)29(32)30-21(3)23-12-11-22-6-4-5-7-24(22)17-23/h8-17,21,28H,4-7,18H2,1-3H3,(H,30,32)/t21-,28-/m0/s1. The summed E-state index contributed by atoms with van der Waals surface area (Å²) < 4.78 is 34.6. The maximum atomic E-state index is 13.6. The zero-order valence-corrected chi connectivity index (χ0v) is 21.8. The lowest BCUT2D eigenvalue weighted by Gasteiger charge is -2.35. The molecule has 5 rings (SSSR count). The molecule has 0 spiro atoms. The third kappa shape index (κ3) is 4.72. The molecule has 188 valence electrons. The molecule has 0 fully saturated rings. The van der Waals surface area contributed by atoms with E-state index in [1.54, 1.807) is 36.4 Å². The lowest BCUT2D eigenvalue weighted by molar-refractivity contribution is -0.128. The number of nitrogens with zero attached hydrogens (tertiary/aromatic N) is 1. The second-order valence-corrected chi connectivity index (χ2v) is 11.8. The summed E-state index contributed by atoms with van der Waals surface area (Å²) in [5.74, 6) is 0.0509. The summed E-state index contributed by atoms with van der Waals surface area (Å²) in [5, 5.41) is 3.05. The van der Waals surface area contributed by atoms with E-state index >= 15 is 0 Å². The Morgan fingerprint density at radius 1 is 0.944 bits per heavy atom. The molecule has 1 N–H and O–H groups in total. The van der Waals surface area contributed by atoms with Gasteiger partial charge in [0.25, 0.3) is 15.9 Å². The Hall–Kier alpha value is -3.32. The summed E-state index contributed by atoms with van der Waals surface area (Å²) in [4.78, 5) is 13.5.